The monoisotopic (exact) mass is 249 g/mol. The van der Waals surface area contributed by atoms with E-state index >= 15 is 0 Å². The van der Waals surface area contributed by atoms with Gasteiger partial charge in [-0.25, -0.2) is 0 Å². The van der Waals surface area contributed by atoms with Crippen LogP contribution in [0.5, 0.6) is 0 Å². The van der Waals surface area contributed by atoms with Gasteiger partial charge in [0.1, 0.15) is 11.7 Å². The lowest BCUT2D eigenvalue weighted by molar-refractivity contribution is -0.224. The average Bonchev–Trinajstić information content (AvgIpc) is 2.94. The third kappa shape index (κ3) is 1.82. The molecule has 0 aromatic heterocycles. The Morgan fingerprint density at radius 3 is 3.06 bits per heavy atom. The summed E-state index contributed by atoms with van der Waals surface area (Å²) in [4.78, 5) is 0. The van der Waals surface area contributed by atoms with Crippen LogP contribution in [-0.4, -0.2) is 24.6 Å². The Hall–Kier alpha value is -1.05. The lowest BCUT2D eigenvalue weighted by Gasteiger charge is -2.37. The van der Waals surface area contributed by atoms with Crippen molar-refractivity contribution in [2.75, 3.05) is 6.61 Å². The summed E-state index contributed by atoms with van der Waals surface area (Å²) >= 11 is 0. The summed E-state index contributed by atoms with van der Waals surface area (Å²) in [6, 6.07) is 2.23. The first-order valence-electron chi connectivity index (χ1n) is 6.79. The first kappa shape index (κ1) is 12.0. The molecule has 4 heteroatoms. The van der Waals surface area contributed by atoms with Crippen molar-refractivity contribution in [2.45, 2.75) is 63.4 Å². The second-order valence-corrected chi connectivity index (χ2v) is 5.40. The zero-order chi connectivity index (χ0) is 12.6. The lowest BCUT2D eigenvalue weighted by atomic mass is 9.82. The number of ether oxygens (including phenoxy) is 3. The van der Waals surface area contributed by atoms with Gasteiger partial charge in [0.05, 0.1) is 18.2 Å². The molecule has 2 bridgehead atoms. The minimum Gasteiger partial charge on any atom is -0.491 e. The summed E-state index contributed by atoms with van der Waals surface area (Å²) < 4.78 is 17.7. The van der Waals surface area contributed by atoms with E-state index in [9.17, 15) is 0 Å². The van der Waals surface area contributed by atoms with E-state index in [1.54, 1.807) is 0 Å². The van der Waals surface area contributed by atoms with E-state index in [0.29, 0.717) is 6.42 Å². The maximum Gasteiger partial charge on any atom is 0.158 e. The highest BCUT2D eigenvalue weighted by atomic mass is 16.7. The molecule has 0 spiro atoms. The van der Waals surface area contributed by atoms with Crippen LogP contribution in [0.3, 0.4) is 0 Å². The first-order chi connectivity index (χ1) is 8.74. The Labute approximate surface area is 108 Å². The summed E-state index contributed by atoms with van der Waals surface area (Å²) in [6.45, 7) is 2.82. The summed E-state index contributed by atoms with van der Waals surface area (Å²) in [5.41, 5.74) is 0.584. The summed E-state index contributed by atoms with van der Waals surface area (Å²) in [5.74, 6) is 0.986. The molecule has 0 aromatic carbocycles. The normalized spacial score (nSPS) is 38.7. The number of nitriles is 1. The van der Waals surface area contributed by atoms with E-state index in [0.717, 1.165) is 50.0 Å². The van der Waals surface area contributed by atoms with Crippen LogP contribution >= 0.6 is 0 Å². The predicted molar refractivity (Wildman–Crippen MR) is 64.4 cm³/mol. The third-order valence-electron chi connectivity index (χ3n) is 4.24. The average molecular weight is 249 g/mol. The van der Waals surface area contributed by atoms with Crippen molar-refractivity contribution in [3.05, 3.63) is 11.3 Å². The van der Waals surface area contributed by atoms with Crippen molar-refractivity contribution in [3.63, 3.8) is 0 Å². The predicted octanol–water partition coefficient (Wildman–Crippen LogP) is 2.65. The molecule has 3 aliphatic heterocycles. The van der Waals surface area contributed by atoms with Crippen LogP contribution in [0.2, 0.25) is 0 Å². The SMILES string of the molecule is CC1(OC2CCCCO2)C(CC#N)=C2CCC1O2. The van der Waals surface area contributed by atoms with Gasteiger partial charge in [-0.2, -0.15) is 5.26 Å². The van der Waals surface area contributed by atoms with E-state index in [-0.39, 0.29) is 12.4 Å². The number of nitrogens with zero attached hydrogens (tertiary/aromatic N) is 1. The van der Waals surface area contributed by atoms with Gasteiger partial charge in [-0.15, -0.1) is 0 Å². The van der Waals surface area contributed by atoms with Gasteiger partial charge in [0.2, 0.25) is 0 Å². The second-order valence-electron chi connectivity index (χ2n) is 5.40. The molecule has 98 valence electrons. The van der Waals surface area contributed by atoms with Crippen molar-refractivity contribution in [1.82, 2.24) is 0 Å². The van der Waals surface area contributed by atoms with Gasteiger partial charge in [0.15, 0.2) is 6.29 Å². The van der Waals surface area contributed by atoms with Gasteiger partial charge in [-0.05, 0) is 32.6 Å². The number of rotatable bonds is 3. The largest absolute Gasteiger partial charge is 0.491 e. The molecular formula is C14H19NO3. The molecule has 3 rings (SSSR count). The highest BCUT2D eigenvalue weighted by Crippen LogP contribution is 2.49. The second kappa shape index (κ2) is 4.56. The quantitative estimate of drug-likeness (QED) is 0.771. The summed E-state index contributed by atoms with van der Waals surface area (Å²) in [7, 11) is 0. The van der Waals surface area contributed by atoms with E-state index in [4.69, 9.17) is 19.5 Å². The number of fused-ring (bicyclic) bond motifs is 2. The molecule has 0 aliphatic carbocycles. The van der Waals surface area contributed by atoms with E-state index in [2.05, 4.69) is 13.0 Å². The van der Waals surface area contributed by atoms with E-state index in [1.165, 1.54) is 0 Å². The molecule has 3 unspecified atom stereocenters. The van der Waals surface area contributed by atoms with Crippen molar-refractivity contribution in [3.8, 4) is 6.07 Å². The molecule has 3 atom stereocenters. The fourth-order valence-electron chi connectivity index (χ4n) is 3.21. The van der Waals surface area contributed by atoms with Crippen LogP contribution in [0, 0.1) is 11.3 Å². The highest BCUT2D eigenvalue weighted by Gasteiger charge is 2.52. The zero-order valence-electron chi connectivity index (χ0n) is 10.8. The number of allylic oxidation sites excluding steroid dienone is 1. The Morgan fingerprint density at radius 1 is 1.44 bits per heavy atom. The molecule has 4 nitrogen and oxygen atoms in total. The highest BCUT2D eigenvalue weighted by molar-refractivity contribution is 5.34. The van der Waals surface area contributed by atoms with Crippen LogP contribution in [0.1, 0.15) is 45.4 Å². The van der Waals surface area contributed by atoms with Crippen molar-refractivity contribution in [1.29, 1.82) is 5.26 Å². The molecule has 0 radical (unpaired) electrons. The minimum atomic E-state index is -0.453. The fraction of sp³-hybridized carbons (Fsp3) is 0.786. The lowest BCUT2D eigenvalue weighted by Crippen LogP contribution is -2.45. The molecule has 0 N–H and O–H groups in total. The Bertz CT molecular complexity index is 406. The summed E-state index contributed by atoms with van der Waals surface area (Å²) in [6.07, 6.45) is 5.48. The van der Waals surface area contributed by atoms with Gasteiger partial charge in [-0.1, -0.05) is 0 Å². The molecule has 3 aliphatic rings. The smallest absolute Gasteiger partial charge is 0.158 e. The van der Waals surface area contributed by atoms with Crippen LogP contribution in [-0.2, 0) is 14.2 Å². The fourth-order valence-corrected chi connectivity index (χ4v) is 3.21. The molecule has 0 amide bonds. The maximum atomic E-state index is 8.97. The van der Waals surface area contributed by atoms with E-state index < -0.39 is 5.60 Å². The van der Waals surface area contributed by atoms with Crippen molar-refractivity contribution < 1.29 is 14.2 Å². The Balaban J connectivity index is 1.78. The zero-order valence-corrected chi connectivity index (χ0v) is 10.8. The summed E-state index contributed by atoms with van der Waals surface area (Å²) in [5, 5.41) is 8.97. The van der Waals surface area contributed by atoms with Gasteiger partial charge in [-0.3, -0.25) is 0 Å². The third-order valence-corrected chi connectivity index (χ3v) is 4.24. The number of hydrogen-bond donors (Lipinski definition) is 0. The van der Waals surface area contributed by atoms with Gasteiger partial charge < -0.3 is 14.2 Å². The molecule has 3 heterocycles. The molecule has 2 saturated heterocycles. The Morgan fingerprint density at radius 2 is 2.33 bits per heavy atom. The van der Waals surface area contributed by atoms with Gasteiger partial charge in [0.25, 0.3) is 0 Å². The van der Waals surface area contributed by atoms with Crippen LogP contribution in [0.15, 0.2) is 11.3 Å². The van der Waals surface area contributed by atoms with Crippen LogP contribution in [0.4, 0.5) is 0 Å². The minimum absolute atomic E-state index is 0.0707. The maximum absolute atomic E-state index is 8.97. The molecule has 18 heavy (non-hydrogen) atoms. The topological polar surface area (TPSA) is 51.5 Å². The molecule has 0 aromatic rings. The standard InChI is InChI=1S/C14H19NO3/c1-14(18-13-4-2-3-9-16-13)10(7-8-15)11-5-6-12(14)17-11/h12-13H,2-7,9H2,1H3. The molecule has 2 fully saturated rings. The van der Waals surface area contributed by atoms with Gasteiger partial charge >= 0.3 is 0 Å². The van der Waals surface area contributed by atoms with Crippen molar-refractivity contribution in [2.24, 2.45) is 0 Å². The van der Waals surface area contributed by atoms with Gasteiger partial charge in [0, 0.05) is 18.6 Å². The molecule has 0 saturated carbocycles. The van der Waals surface area contributed by atoms with E-state index in [1.807, 2.05) is 0 Å². The number of hydrogen-bond acceptors (Lipinski definition) is 4. The Kier molecular flexibility index (Phi) is 3.04. The van der Waals surface area contributed by atoms with Crippen LogP contribution in [0.25, 0.3) is 0 Å². The van der Waals surface area contributed by atoms with Crippen molar-refractivity contribution >= 4 is 0 Å². The molecular weight excluding hydrogens is 230 g/mol. The first-order valence-corrected chi connectivity index (χ1v) is 6.79. The van der Waals surface area contributed by atoms with Crippen LogP contribution < -0.4 is 0 Å².